The quantitative estimate of drug-likeness (QED) is 0.926. The third kappa shape index (κ3) is 3.14. The monoisotopic (exact) mass is 347 g/mol. The molecule has 0 radical (unpaired) electrons. The first-order chi connectivity index (χ1) is 11.5. The van der Waals surface area contributed by atoms with Crippen molar-refractivity contribution in [3.63, 3.8) is 0 Å². The van der Waals surface area contributed by atoms with Crippen molar-refractivity contribution in [1.29, 1.82) is 0 Å². The van der Waals surface area contributed by atoms with Crippen LogP contribution in [0.15, 0.2) is 30.5 Å². The van der Waals surface area contributed by atoms with Gasteiger partial charge in [-0.15, -0.1) is 0 Å². The van der Waals surface area contributed by atoms with Gasteiger partial charge in [-0.05, 0) is 38.0 Å². The highest BCUT2D eigenvalue weighted by atomic mass is 35.5. The summed E-state index contributed by atoms with van der Waals surface area (Å²) in [7, 11) is 0. The molecule has 7 heteroatoms. The van der Waals surface area contributed by atoms with E-state index in [4.69, 9.17) is 16.7 Å². The van der Waals surface area contributed by atoms with Crippen LogP contribution in [0.2, 0.25) is 5.02 Å². The maximum atomic E-state index is 12.5. The van der Waals surface area contributed by atoms with E-state index in [0.29, 0.717) is 29.4 Å². The van der Waals surface area contributed by atoms with Gasteiger partial charge < -0.3 is 10.0 Å². The van der Waals surface area contributed by atoms with Gasteiger partial charge in [0.1, 0.15) is 5.56 Å². The average Bonchev–Trinajstić information content (AvgIpc) is 2.96. The summed E-state index contributed by atoms with van der Waals surface area (Å²) in [5, 5.41) is 13.9. The molecule has 1 fully saturated rings. The number of carbonyl (C=O) groups is 2. The smallest absolute Gasteiger partial charge is 0.339 e. The number of carboxylic acid groups (broad SMARTS) is 1. The van der Waals surface area contributed by atoms with Crippen molar-refractivity contribution >= 4 is 23.5 Å². The van der Waals surface area contributed by atoms with Crippen molar-refractivity contribution in [3.8, 4) is 0 Å². The molecule has 1 saturated heterocycles. The van der Waals surface area contributed by atoms with Crippen LogP contribution in [0.4, 0.5) is 0 Å². The molecule has 6 nitrogen and oxygen atoms in total. The van der Waals surface area contributed by atoms with E-state index in [0.717, 1.165) is 12.8 Å². The van der Waals surface area contributed by atoms with Crippen LogP contribution >= 0.6 is 11.6 Å². The Bertz CT molecular complexity index is 779. The molecule has 0 saturated carbocycles. The summed E-state index contributed by atoms with van der Waals surface area (Å²) in [5.74, 6) is -0.994. The maximum Gasteiger partial charge on any atom is 0.339 e. The van der Waals surface area contributed by atoms with Crippen molar-refractivity contribution in [1.82, 2.24) is 14.7 Å². The average molecular weight is 348 g/mol. The number of carboxylic acids is 1. The second kappa shape index (κ2) is 6.65. The number of likely N-dealkylation sites (tertiary alicyclic amines) is 1. The largest absolute Gasteiger partial charge is 0.478 e. The number of benzene rings is 1. The van der Waals surface area contributed by atoms with E-state index in [-0.39, 0.29) is 17.5 Å². The van der Waals surface area contributed by atoms with Crippen LogP contribution in [-0.4, -0.2) is 44.8 Å². The van der Waals surface area contributed by atoms with Crippen molar-refractivity contribution < 1.29 is 14.7 Å². The number of rotatable bonds is 3. The molecule has 1 amide bonds. The summed E-state index contributed by atoms with van der Waals surface area (Å²) in [5.41, 5.74) is 1.47. The summed E-state index contributed by atoms with van der Waals surface area (Å²) in [6.07, 6.45) is 2.88. The Hall–Kier alpha value is -2.34. The topological polar surface area (TPSA) is 75.4 Å². The number of piperidine rings is 1. The number of hydrogen-bond acceptors (Lipinski definition) is 3. The Balaban J connectivity index is 1.68. The Morgan fingerprint density at radius 1 is 1.29 bits per heavy atom. The number of aromatic carboxylic acids is 1. The van der Waals surface area contributed by atoms with Crippen LogP contribution in [-0.2, 0) is 0 Å². The lowest BCUT2D eigenvalue weighted by Gasteiger charge is -2.32. The van der Waals surface area contributed by atoms with Gasteiger partial charge in [0.2, 0.25) is 0 Å². The van der Waals surface area contributed by atoms with Crippen molar-refractivity contribution in [2.75, 3.05) is 13.1 Å². The fourth-order valence-corrected chi connectivity index (χ4v) is 3.31. The first-order valence-electron chi connectivity index (χ1n) is 7.79. The Labute approximate surface area is 144 Å². The normalized spacial score (nSPS) is 15.5. The summed E-state index contributed by atoms with van der Waals surface area (Å²) in [4.78, 5) is 25.5. The molecule has 0 unspecified atom stereocenters. The number of amides is 1. The van der Waals surface area contributed by atoms with Crippen LogP contribution in [0.5, 0.6) is 0 Å². The second-order valence-corrected chi connectivity index (χ2v) is 6.36. The maximum absolute atomic E-state index is 12.5. The molecule has 24 heavy (non-hydrogen) atoms. The van der Waals surface area contributed by atoms with Crippen LogP contribution < -0.4 is 0 Å². The third-order valence-corrected chi connectivity index (χ3v) is 4.68. The van der Waals surface area contributed by atoms with Gasteiger partial charge >= 0.3 is 5.97 Å². The number of aromatic nitrogens is 2. The minimum atomic E-state index is -0.965. The van der Waals surface area contributed by atoms with Gasteiger partial charge in [0.25, 0.3) is 5.91 Å². The van der Waals surface area contributed by atoms with E-state index < -0.39 is 5.97 Å². The molecule has 0 aliphatic carbocycles. The first-order valence-corrected chi connectivity index (χ1v) is 8.17. The van der Waals surface area contributed by atoms with Crippen molar-refractivity contribution in [2.24, 2.45) is 0 Å². The first kappa shape index (κ1) is 16.5. The van der Waals surface area contributed by atoms with Crippen LogP contribution in [0.3, 0.4) is 0 Å². The molecule has 0 bridgehead atoms. The Morgan fingerprint density at radius 2 is 2.00 bits per heavy atom. The minimum absolute atomic E-state index is 0.0284. The van der Waals surface area contributed by atoms with Gasteiger partial charge in [-0.2, -0.15) is 5.10 Å². The Morgan fingerprint density at radius 3 is 2.58 bits per heavy atom. The molecule has 1 aliphatic rings. The van der Waals surface area contributed by atoms with E-state index in [9.17, 15) is 9.59 Å². The SMILES string of the molecule is Cc1c(C(=O)O)cnn1C1CCN(C(=O)c2cccc(Cl)c2)CC1. The van der Waals surface area contributed by atoms with E-state index in [1.165, 1.54) is 6.20 Å². The Kier molecular flexibility index (Phi) is 4.57. The lowest BCUT2D eigenvalue weighted by Crippen LogP contribution is -2.39. The van der Waals surface area contributed by atoms with Gasteiger partial charge in [0, 0.05) is 23.7 Å². The number of nitrogens with zero attached hydrogens (tertiary/aromatic N) is 3. The van der Waals surface area contributed by atoms with E-state index in [1.807, 2.05) is 0 Å². The zero-order valence-corrected chi connectivity index (χ0v) is 14.0. The summed E-state index contributed by atoms with van der Waals surface area (Å²) in [6, 6.07) is 7.05. The summed E-state index contributed by atoms with van der Waals surface area (Å²) in [6.45, 7) is 2.98. The fourth-order valence-electron chi connectivity index (χ4n) is 3.12. The van der Waals surface area contributed by atoms with Crippen LogP contribution in [0, 0.1) is 6.92 Å². The molecule has 1 N–H and O–H groups in total. The van der Waals surface area contributed by atoms with Crippen molar-refractivity contribution in [3.05, 3.63) is 52.3 Å². The molecular formula is C17H18ClN3O3. The third-order valence-electron chi connectivity index (χ3n) is 4.44. The number of halogens is 1. The number of carbonyl (C=O) groups excluding carboxylic acids is 1. The highest BCUT2D eigenvalue weighted by molar-refractivity contribution is 6.30. The number of hydrogen-bond donors (Lipinski definition) is 1. The molecule has 0 spiro atoms. The molecule has 2 aromatic rings. The molecule has 126 valence electrons. The summed E-state index contributed by atoms with van der Waals surface area (Å²) < 4.78 is 1.77. The van der Waals surface area contributed by atoms with Gasteiger partial charge in [0.15, 0.2) is 0 Å². The van der Waals surface area contributed by atoms with Gasteiger partial charge in [-0.3, -0.25) is 9.48 Å². The predicted octanol–water partition coefficient (Wildman–Crippen LogP) is 3.02. The lowest BCUT2D eigenvalue weighted by molar-refractivity contribution is 0.0688. The van der Waals surface area contributed by atoms with Gasteiger partial charge in [0.05, 0.1) is 17.9 Å². The molecule has 3 rings (SSSR count). The lowest BCUT2D eigenvalue weighted by atomic mass is 10.0. The van der Waals surface area contributed by atoms with Crippen molar-refractivity contribution in [2.45, 2.75) is 25.8 Å². The predicted molar refractivity (Wildman–Crippen MR) is 89.5 cm³/mol. The zero-order chi connectivity index (χ0) is 17.3. The molecule has 2 heterocycles. The van der Waals surface area contributed by atoms with E-state index in [2.05, 4.69) is 5.10 Å². The highest BCUT2D eigenvalue weighted by Crippen LogP contribution is 2.26. The standard InChI is InChI=1S/C17H18ClN3O3/c1-11-15(17(23)24)10-19-21(11)14-5-7-20(8-6-14)16(22)12-3-2-4-13(18)9-12/h2-4,9-10,14H,5-8H2,1H3,(H,23,24). The van der Waals surface area contributed by atoms with E-state index >= 15 is 0 Å². The fraction of sp³-hybridized carbons (Fsp3) is 0.353. The second-order valence-electron chi connectivity index (χ2n) is 5.93. The highest BCUT2D eigenvalue weighted by Gasteiger charge is 2.27. The molecular weight excluding hydrogens is 330 g/mol. The van der Waals surface area contributed by atoms with Crippen LogP contribution in [0.1, 0.15) is 45.3 Å². The molecule has 0 atom stereocenters. The van der Waals surface area contributed by atoms with Crippen LogP contribution in [0.25, 0.3) is 0 Å². The molecule has 1 aromatic carbocycles. The zero-order valence-electron chi connectivity index (χ0n) is 13.3. The van der Waals surface area contributed by atoms with Gasteiger partial charge in [-0.25, -0.2) is 4.79 Å². The molecule has 1 aromatic heterocycles. The van der Waals surface area contributed by atoms with E-state index in [1.54, 1.807) is 40.8 Å². The minimum Gasteiger partial charge on any atom is -0.478 e. The summed E-state index contributed by atoms with van der Waals surface area (Å²) >= 11 is 5.95. The molecule has 1 aliphatic heterocycles. The van der Waals surface area contributed by atoms with Gasteiger partial charge in [-0.1, -0.05) is 17.7 Å².